The zero-order valence-electron chi connectivity index (χ0n) is 68.5. The Bertz CT molecular complexity index is 10800. The molecule has 0 aliphatic carbocycles. The first-order chi connectivity index (χ1) is 64.5. The van der Waals surface area contributed by atoms with E-state index in [4.69, 9.17) is 18.6 Å². The summed E-state index contributed by atoms with van der Waals surface area (Å²) in [6, 6.07) is 113. The highest BCUT2D eigenvalue weighted by Gasteiger charge is 2.71. The summed E-state index contributed by atoms with van der Waals surface area (Å²) in [6.07, 6.45) is 4.00. The van der Waals surface area contributed by atoms with Gasteiger partial charge in [-0.15, -0.1) is 11.3 Å². The molecule has 15 aromatic carbocycles. The van der Waals surface area contributed by atoms with Gasteiger partial charge in [-0.05, 0) is 175 Å². The van der Waals surface area contributed by atoms with Crippen molar-refractivity contribution in [2.24, 2.45) is 7.05 Å². The molecule has 0 saturated heterocycles. The average Bonchev–Trinajstić information content (AvgIpc) is 1.46. The lowest BCUT2D eigenvalue weighted by molar-refractivity contribution is -0.924. The van der Waals surface area contributed by atoms with Crippen LogP contribution in [0.15, 0.2) is 332 Å². The minimum atomic E-state index is -0.689. The van der Waals surface area contributed by atoms with Crippen molar-refractivity contribution >= 4 is 241 Å². The molecule has 0 bridgehead atoms. The molecule has 0 saturated carbocycles. The van der Waals surface area contributed by atoms with Crippen LogP contribution < -0.4 is 41.6 Å². The summed E-state index contributed by atoms with van der Waals surface area (Å²) in [5.41, 5.74) is 36.5. The van der Waals surface area contributed by atoms with Gasteiger partial charge in [-0.25, -0.2) is 0 Å². The fourth-order valence-corrected chi connectivity index (χ4v) is 28.9. The number of hydrogen-bond acceptors (Lipinski definition) is 5. The standard InChI is InChI=1S/C38H21N5O.C37H18N4O2.C37H18N4OS/c1-39-19-18-28-35(39)22-15-17-30-34-32(22)37-41(28)25-11-5-7-13-27(25)43(37)38(34)33-29(44-30)16-14-21-20-8-2-3-9-23(20)40-24-10-4-6-12-26(24)42(38)36(40)31(21)33;1-2-8-22-19(7-1)20-13-15-28-32-30(20)35-38(22)23-9-3-5-11-25(23)40(35)37(32)33-29(43-28)16-14-21-31(33)36-39(27-17-18-42-34(21)27)24-10-4-6-12-26(24)41(36)37;1-2-8-22-19(7-1)20-13-15-28-32-30(20)35-38(22)23-9-3-5-11-25(23)40(35)37(32)33-29(42-28)16-14-21-31(33)36-39(27-17-18-43-34(21)27)24-10-4-6-12-26(24)41(36)37/h2-19H,1H3;2*1-18H/q3*+2. The number of fused-ring (bicyclic) bond motifs is 36. The van der Waals surface area contributed by atoms with Crippen molar-refractivity contribution in [1.82, 2.24) is 31.0 Å². The minimum Gasteiger partial charge on any atom is -0.460 e. The molecule has 0 radical (unpaired) electrons. The van der Waals surface area contributed by atoms with E-state index < -0.39 is 17.0 Å². The number of ether oxygens (including phenoxy) is 3. The van der Waals surface area contributed by atoms with Crippen LogP contribution in [-0.4, -0.2) is 31.0 Å². The number of para-hydroxylation sites is 15. The van der Waals surface area contributed by atoms with E-state index in [1.807, 2.05) is 17.6 Å². The minimum absolute atomic E-state index is 0.643. The first-order valence-corrected chi connectivity index (χ1v) is 45.5. The number of benzene rings is 15. The molecule has 17 nitrogen and oxygen atoms in total. The molecule has 594 valence electrons. The van der Waals surface area contributed by atoms with Crippen molar-refractivity contribution in [2.75, 3.05) is 0 Å². The summed E-state index contributed by atoms with van der Waals surface area (Å²) in [4.78, 5) is 0. The summed E-state index contributed by atoms with van der Waals surface area (Å²) >= 11 is 1.83. The third kappa shape index (κ3) is 6.08. The highest BCUT2D eigenvalue weighted by Crippen LogP contribution is 2.64. The maximum Gasteiger partial charge on any atom is 0.316 e. The van der Waals surface area contributed by atoms with E-state index in [1.165, 1.54) is 241 Å². The summed E-state index contributed by atoms with van der Waals surface area (Å²) in [5, 5.41) is 21.0. The van der Waals surface area contributed by atoms with Crippen LogP contribution in [-0.2, 0) is 24.0 Å². The molecular weight excluding hydrogens is 1620 g/mol. The van der Waals surface area contributed by atoms with E-state index >= 15 is 0 Å². The Morgan fingerprint density at radius 1 is 0.238 bits per heavy atom. The lowest BCUT2D eigenvalue weighted by Crippen LogP contribution is -2.71. The summed E-state index contributed by atoms with van der Waals surface area (Å²) < 4.78 is 61.3. The molecule has 15 aromatic heterocycles. The lowest BCUT2D eigenvalue weighted by atomic mass is 9.85. The Morgan fingerprint density at radius 3 is 0.900 bits per heavy atom. The molecule has 0 fully saturated rings. The number of nitrogens with zero attached hydrogens (tertiary/aromatic N) is 13. The second-order valence-corrected chi connectivity index (χ2v) is 37.8. The van der Waals surface area contributed by atoms with Gasteiger partial charge in [-0.3, -0.25) is 0 Å². The molecule has 3 atom stereocenters. The van der Waals surface area contributed by atoms with Gasteiger partial charge in [0.2, 0.25) is 0 Å². The molecule has 130 heavy (non-hydrogen) atoms. The van der Waals surface area contributed by atoms with E-state index in [2.05, 4.69) is 386 Å². The van der Waals surface area contributed by atoms with E-state index in [9.17, 15) is 0 Å². The average molecular weight is 1680 g/mol. The number of aryl methyl sites for hydroxylation is 1. The Hall–Kier alpha value is -17.2. The van der Waals surface area contributed by atoms with Crippen LogP contribution in [0.2, 0.25) is 0 Å². The van der Waals surface area contributed by atoms with E-state index in [0.717, 1.165) is 56.5 Å². The van der Waals surface area contributed by atoms with Gasteiger partial charge in [0.1, 0.15) is 84.4 Å². The molecule has 30 aromatic rings. The third-order valence-electron chi connectivity index (χ3n) is 31.9. The Labute approximate surface area is 732 Å². The molecule has 0 N–H and O–H groups in total. The van der Waals surface area contributed by atoms with Crippen molar-refractivity contribution in [2.45, 2.75) is 17.0 Å². The zero-order chi connectivity index (χ0) is 82.9. The summed E-state index contributed by atoms with van der Waals surface area (Å²) in [5.74, 6) is 5.56. The van der Waals surface area contributed by atoms with Gasteiger partial charge in [0.05, 0.1) is 48.8 Å². The second-order valence-electron chi connectivity index (χ2n) is 36.9. The number of thiophene rings is 1. The maximum atomic E-state index is 6.95. The first-order valence-electron chi connectivity index (χ1n) is 44.6. The number of pyridine rings is 6. The first kappa shape index (κ1) is 63.7. The normalized spacial score (nSPS) is 17.5. The monoisotopic (exact) mass is 1680 g/mol. The van der Waals surface area contributed by atoms with Crippen LogP contribution in [0.1, 0.15) is 33.4 Å². The molecule has 0 amide bonds. The largest absolute Gasteiger partial charge is 0.460 e. The molecule has 9 aliphatic rings. The van der Waals surface area contributed by atoms with Crippen molar-refractivity contribution < 1.29 is 46.0 Å². The van der Waals surface area contributed by atoms with Gasteiger partial charge in [0, 0.05) is 73.9 Å². The quantitative estimate of drug-likeness (QED) is 0.112. The van der Waals surface area contributed by atoms with Crippen LogP contribution in [0.3, 0.4) is 0 Å². The predicted molar refractivity (Wildman–Crippen MR) is 505 cm³/mol. The van der Waals surface area contributed by atoms with Gasteiger partial charge in [-0.1, -0.05) is 127 Å². The maximum absolute atomic E-state index is 6.95. The van der Waals surface area contributed by atoms with Crippen LogP contribution in [0.25, 0.3) is 230 Å². The molecular formula is C112H57N13O4S+6. The van der Waals surface area contributed by atoms with E-state index in [1.54, 1.807) is 0 Å². The molecule has 18 heteroatoms. The van der Waals surface area contributed by atoms with Crippen molar-refractivity contribution in [3.8, 4) is 34.5 Å². The molecule has 3 unspecified atom stereocenters. The molecule has 9 aliphatic heterocycles. The van der Waals surface area contributed by atoms with Gasteiger partial charge in [0.15, 0.2) is 88.3 Å². The zero-order valence-corrected chi connectivity index (χ0v) is 69.3. The van der Waals surface area contributed by atoms with Crippen LogP contribution in [0, 0.1) is 0 Å². The van der Waals surface area contributed by atoms with Crippen molar-refractivity contribution in [3.63, 3.8) is 0 Å². The Morgan fingerprint density at radius 2 is 0.523 bits per heavy atom. The molecule has 3 spiro atoms. The fourth-order valence-electron chi connectivity index (χ4n) is 28.0. The van der Waals surface area contributed by atoms with E-state index in [0.29, 0.717) is 0 Å². The third-order valence-corrected chi connectivity index (χ3v) is 32.8. The van der Waals surface area contributed by atoms with Gasteiger partial charge < -0.3 is 23.2 Å². The Kier molecular flexibility index (Phi) is 9.88. The lowest BCUT2D eigenvalue weighted by Gasteiger charge is -2.31. The van der Waals surface area contributed by atoms with Gasteiger partial charge in [-0.2, -0.15) is 53.8 Å². The van der Waals surface area contributed by atoms with Gasteiger partial charge >= 0.3 is 50.9 Å². The van der Waals surface area contributed by atoms with E-state index in [-0.39, 0.29) is 0 Å². The SMILES string of the molecule is Cn1ccc2c1c1ccc3c4c1c1n2c2ccccc2[n+]1C41c2c(ccc4c5ccccc5n5c6ccccc6[n+]1c5c24)O3.c1ccc2c(c1)c1ccc3c4c1c1n2c2ccccc2[n+]1C41c2c(ccc4c5occc5n5c6ccccc6[n+]1c5c24)O3.c1ccc2c(c1)c1ccc3c4c1c1n2c2ccccc2[n+]1C41c2c(ccc4c5sccc5n5c6ccccc6[n+]1c5c24)O3. The van der Waals surface area contributed by atoms with Crippen LogP contribution in [0.4, 0.5) is 0 Å². The number of rotatable bonds is 0. The van der Waals surface area contributed by atoms with Gasteiger partial charge in [0.25, 0.3) is 0 Å². The van der Waals surface area contributed by atoms with Crippen LogP contribution >= 0.6 is 11.3 Å². The van der Waals surface area contributed by atoms with Crippen molar-refractivity contribution in [1.29, 1.82) is 0 Å². The number of aromatic nitrogens is 13. The highest BCUT2D eigenvalue weighted by molar-refractivity contribution is 7.18. The smallest absolute Gasteiger partial charge is 0.316 e. The summed E-state index contributed by atoms with van der Waals surface area (Å²) in [7, 11) is 2.16. The topological polar surface area (TPSA) is 95.5 Å². The number of hydrogen-bond donors (Lipinski definition) is 0. The molecule has 24 heterocycles. The predicted octanol–water partition coefficient (Wildman–Crippen LogP) is 22.1. The number of furan rings is 1. The Balaban J connectivity index is 0.0000000837. The van der Waals surface area contributed by atoms with Crippen LogP contribution in [0.5, 0.6) is 34.5 Å². The van der Waals surface area contributed by atoms with Crippen molar-refractivity contribution in [3.05, 3.63) is 361 Å². The summed E-state index contributed by atoms with van der Waals surface area (Å²) in [6.45, 7) is 0. The fraction of sp³-hybridized carbons (Fsp3) is 0.0357. The second kappa shape index (κ2) is 20.2. The number of imidazole rings is 6. The molecule has 39 rings (SSSR count). The highest BCUT2D eigenvalue weighted by atomic mass is 32.1.